The average molecular weight is 488 g/mol. The van der Waals surface area contributed by atoms with Crippen molar-refractivity contribution in [3.05, 3.63) is 35.6 Å². The highest BCUT2D eigenvalue weighted by atomic mass is 32.2. The maximum absolute atomic E-state index is 13.2. The van der Waals surface area contributed by atoms with Gasteiger partial charge in [-0.1, -0.05) is 17.4 Å². The van der Waals surface area contributed by atoms with Crippen LogP contribution in [0, 0.1) is 12.8 Å². The lowest BCUT2D eigenvalue weighted by atomic mass is 9.99. The monoisotopic (exact) mass is 487 g/mol. The Morgan fingerprint density at radius 3 is 2.90 bits per heavy atom. The summed E-state index contributed by atoms with van der Waals surface area (Å²) in [6.45, 7) is -0.641. The van der Waals surface area contributed by atoms with Gasteiger partial charge in [0.05, 0.1) is 16.5 Å². The molecule has 0 saturated carbocycles. The minimum Gasteiger partial charge on any atom is -0.302 e. The second-order valence-corrected chi connectivity index (χ2v) is 11.1. The van der Waals surface area contributed by atoms with E-state index in [1.54, 1.807) is 24.4 Å². The van der Waals surface area contributed by atoms with Crippen molar-refractivity contribution in [1.29, 1.82) is 0 Å². The lowest BCUT2D eigenvalue weighted by molar-refractivity contribution is -0.120. The second kappa shape index (κ2) is 8.73. The number of carbonyl (C=O) groups is 1. The fourth-order valence-corrected chi connectivity index (χ4v) is 7.06. The number of aromatic nitrogens is 3. The second-order valence-electron chi connectivity index (χ2n) is 6.99. The number of sulfonamides is 1. The minimum atomic E-state index is -3.63. The van der Waals surface area contributed by atoms with Gasteiger partial charge in [0.25, 0.3) is 10.0 Å². The van der Waals surface area contributed by atoms with E-state index in [2.05, 4.69) is 15.3 Å². The Morgan fingerprint density at radius 1 is 1.39 bits per heavy atom. The number of nitrogens with zero attached hydrogens (tertiary/aromatic N) is 4. The number of hydrogen-bond donors (Lipinski definition) is 1. The van der Waals surface area contributed by atoms with Gasteiger partial charge in [-0.2, -0.15) is 13.1 Å². The van der Waals surface area contributed by atoms with Gasteiger partial charge in [-0.15, -0.1) is 11.3 Å². The van der Waals surface area contributed by atoms with Gasteiger partial charge in [0.15, 0.2) is 11.0 Å². The largest absolute Gasteiger partial charge is 0.320 e. The van der Waals surface area contributed by atoms with Crippen LogP contribution in [0.4, 0.5) is 13.9 Å². The Hall–Kier alpha value is -2.22. The summed E-state index contributed by atoms with van der Waals surface area (Å²) in [5.41, 5.74) is 0.471. The van der Waals surface area contributed by atoms with Gasteiger partial charge in [-0.3, -0.25) is 9.36 Å². The maximum atomic E-state index is 13.2. The smallest absolute Gasteiger partial charge is 0.302 e. The quantitative estimate of drug-likeness (QED) is 0.570. The van der Waals surface area contributed by atoms with E-state index in [9.17, 15) is 22.0 Å². The zero-order chi connectivity index (χ0) is 22.2. The molecule has 166 valence electrons. The van der Waals surface area contributed by atoms with Crippen LogP contribution in [0.2, 0.25) is 0 Å². The summed E-state index contributed by atoms with van der Waals surface area (Å²) in [5, 5.41) is 4.68. The molecule has 4 rings (SSSR count). The zero-order valence-electron chi connectivity index (χ0n) is 16.4. The van der Waals surface area contributed by atoms with Crippen molar-refractivity contribution in [2.75, 3.05) is 18.4 Å². The summed E-state index contributed by atoms with van der Waals surface area (Å²) >= 11 is 2.20. The Morgan fingerprint density at radius 2 is 2.19 bits per heavy atom. The molecule has 8 nitrogen and oxygen atoms in total. The lowest BCUT2D eigenvalue weighted by Gasteiger charge is -2.30. The first kappa shape index (κ1) is 22.0. The molecule has 0 radical (unpaired) electrons. The molecule has 31 heavy (non-hydrogen) atoms. The lowest BCUT2D eigenvalue weighted by Crippen LogP contribution is -2.43. The third-order valence-electron chi connectivity index (χ3n) is 4.95. The van der Waals surface area contributed by atoms with Gasteiger partial charge in [0.2, 0.25) is 5.91 Å². The van der Waals surface area contributed by atoms with E-state index in [0.29, 0.717) is 30.0 Å². The minimum absolute atomic E-state index is 0.0800. The molecule has 13 heteroatoms. The van der Waals surface area contributed by atoms with Crippen LogP contribution in [0.1, 0.15) is 25.1 Å². The Balaban J connectivity index is 1.48. The highest BCUT2D eigenvalue weighted by molar-refractivity contribution is 7.91. The standard InChI is InChI=1S/C18H19F2N5O3S3/c1-11-14(15-21-6-8-25(15)17(19)20)30-18(22-11)23-16(26)12-4-2-7-24(10-12)31(27,28)13-5-3-9-29-13/h3,5-6,8-9,12,17H,2,4,7,10H2,1H3,(H,22,23,26). The summed E-state index contributed by atoms with van der Waals surface area (Å²) in [4.78, 5) is 21.5. The van der Waals surface area contributed by atoms with Crippen molar-refractivity contribution >= 4 is 43.7 Å². The SMILES string of the molecule is Cc1nc(NC(=O)C2CCCN(S(=O)(=O)c3cccs3)C2)sc1-c1nccn1C(F)F. The van der Waals surface area contributed by atoms with Crippen molar-refractivity contribution in [3.63, 3.8) is 0 Å². The molecule has 0 spiro atoms. The fourth-order valence-electron chi connectivity index (χ4n) is 3.42. The first-order valence-corrected chi connectivity index (χ1v) is 12.5. The van der Waals surface area contributed by atoms with Crippen LogP contribution in [0.5, 0.6) is 0 Å². The molecule has 4 heterocycles. The van der Waals surface area contributed by atoms with Crippen molar-refractivity contribution < 1.29 is 22.0 Å². The highest BCUT2D eigenvalue weighted by Crippen LogP contribution is 2.34. The zero-order valence-corrected chi connectivity index (χ0v) is 18.8. The first-order chi connectivity index (χ1) is 14.8. The van der Waals surface area contributed by atoms with Gasteiger partial charge in [0.1, 0.15) is 4.21 Å². The van der Waals surface area contributed by atoms with Crippen LogP contribution in [-0.4, -0.2) is 46.3 Å². The Kier molecular flexibility index (Phi) is 6.19. The molecule has 0 aliphatic carbocycles. The maximum Gasteiger partial charge on any atom is 0.320 e. The normalized spacial score (nSPS) is 17.9. The number of thiophene rings is 1. The third kappa shape index (κ3) is 4.40. The molecule has 1 saturated heterocycles. The van der Waals surface area contributed by atoms with Crippen LogP contribution in [-0.2, 0) is 14.8 Å². The van der Waals surface area contributed by atoms with E-state index in [1.807, 2.05) is 0 Å². The summed E-state index contributed by atoms with van der Waals surface area (Å²) in [7, 11) is -3.63. The van der Waals surface area contributed by atoms with E-state index in [0.717, 1.165) is 27.2 Å². The first-order valence-electron chi connectivity index (χ1n) is 9.40. The number of nitrogens with one attached hydrogen (secondary N) is 1. The van der Waals surface area contributed by atoms with Crippen LogP contribution in [0.25, 0.3) is 10.7 Å². The Bertz CT molecular complexity index is 1170. The molecule has 3 aromatic heterocycles. The average Bonchev–Trinajstić information content (AvgIpc) is 3.49. The molecule has 1 fully saturated rings. The van der Waals surface area contributed by atoms with Crippen molar-refractivity contribution in [2.24, 2.45) is 5.92 Å². The van der Waals surface area contributed by atoms with E-state index in [4.69, 9.17) is 0 Å². The molecule has 1 amide bonds. The highest BCUT2D eigenvalue weighted by Gasteiger charge is 2.34. The van der Waals surface area contributed by atoms with E-state index < -0.39 is 22.5 Å². The molecule has 0 bridgehead atoms. The molecule has 1 aliphatic rings. The van der Waals surface area contributed by atoms with Crippen LogP contribution < -0.4 is 5.32 Å². The molecule has 0 aromatic carbocycles. The van der Waals surface area contributed by atoms with E-state index in [-0.39, 0.29) is 27.6 Å². The number of rotatable bonds is 6. The summed E-state index contributed by atoms with van der Waals surface area (Å²) in [5.74, 6) is -0.792. The van der Waals surface area contributed by atoms with E-state index >= 15 is 0 Å². The topological polar surface area (TPSA) is 97.2 Å². The fraction of sp³-hybridized carbons (Fsp3) is 0.389. The van der Waals surface area contributed by atoms with E-state index in [1.165, 1.54) is 16.7 Å². The number of halogens is 2. The number of anilines is 1. The summed E-state index contributed by atoms with van der Waals surface area (Å²) in [6.07, 6.45) is 3.58. The molecular formula is C18H19F2N5O3S3. The van der Waals surface area contributed by atoms with Crippen LogP contribution in [0.15, 0.2) is 34.1 Å². The molecule has 1 unspecified atom stereocenters. The molecule has 1 aliphatic heterocycles. The van der Waals surface area contributed by atoms with Crippen LogP contribution >= 0.6 is 22.7 Å². The third-order valence-corrected chi connectivity index (χ3v) is 9.26. The molecular weight excluding hydrogens is 468 g/mol. The number of aryl methyl sites for hydroxylation is 1. The number of alkyl halides is 2. The van der Waals surface area contributed by atoms with Gasteiger partial charge in [-0.25, -0.2) is 18.4 Å². The Labute approximate surface area is 185 Å². The summed E-state index contributed by atoms with van der Waals surface area (Å²) in [6, 6.07) is 3.22. The predicted octanol–water partition coefficient (Wildman–Crippen LogP) is 3.81. The molecule has 3 aromatic rings. The van der Waals surface area contributed by atoms with Crippen LogP contribution in [0.3, 0.4) is 0 Å². The van der Waals surface area contributed by atoms with Crippen molar-refractivity contribution in [2.45, 2.75) is 30.5 Å². The predicted molar refractivity (Wildman–Crippen MR) is 114 cm³/mol. The van der Waals surface area contributed by atoms with Gasteiger partial charge in [-0.05, 0) is 31.2 Å². The number of hydrogen-bond acceptors (Lipinski definition) is 7. The van der Waals surface area contributed by atoms with Crippen molar-refractivity contribution in [1.82, 2.24) is 18.8 Å². The summed E-state index contributed by atoms with van der Waals surface area (Å²) < 4.78 is 54.2. The van der Waals surface area contributed by atoms with Crippen molar-refractivity contribution in [3.8, 4) is 10.7 Å². The van der Waals surface area contributed by atoms with Gasteiger partial charge < -0.3 is 5.32 Å². The molecule has 1 N–H and O–H groups in total. The number of thiazole rings is 1. The number of carbonyl (C=O) groups excluding carboxylic acids is 1. The van der Waals surface area contributed by atoms with Gasteiger partial charge in [0, 0.05) is 25.5 Å². The number of piperidine rings is 1. The number of amides is 1. The van der Waals surface area contributed by atoms with Gasteiger partial charge >= 0.3 is 6.55 Å². The molecule has 1 atom stereocenters. The number of imidazole rings is 1.